The fraction of sp³-hybridized carbons (Fsp3) is 0.250. The van der Waals surface area contributed by atoms with Gasteiger partial charge in [-0.3, -0.25) is 4.98 Å². The summed E-state index contributed by atoms with van der Waals surface area (Å²) in [7, 11) is 0. The number of pyridine rings is 1. The molecule has 0 radical (unpaired) electrons. The topological polar surface area (TPSA) is 53.4 Å². The number of anilines is 1. The number of benzene rings is 1. The van der Waals surface area contributed by atoms with E-state index in [-0.39, 0.29) is 0 Å². The van der Waals surface area contributed by atoms with Crippen molar-refractivity contribution in [1.82, 2.24) is 4.98 Å². The van der Waals surface area contributed by atoms with Gasteiger partial charge in [-0.2, -0.15) is 0 Å². The van der Waals surface area contributed by atoms with Crippen molar-refractivity contribution < 1.29 is 9.90 Å². The van der Waals surface area contributed by atoms with Gasteiger partial charge in [-0.15, -0.1) is 0 Å². The third-order valence-electron chi connectivity index (χ3n) is 3.71. The lowest BCUT2D eigenvalue weighted by atomic mass is 10.1. The molecule has 2 aromatic rings. The van der Waals surface area contributed by atoms with Crippen LogP contribution in [-0.2, 0) is 17.6 Å². The Hall–Kier alpha value is -2.36. The van der Waals surface area contributed by atoms with E-state index in [1.807, 2.05) is 47.4 Å². The molecular formula is C16H16N2O2. The van der Waals surface area contributed by atoms with Crippen molar-refractivity contribution >= 4 is 11.7 Å². The van der Waals surface area contributed by atoms with Gasteiger partial charge < -0.3 is 10.0 Å². The molecule has 2 heterocycles. The summed E-state index contributed by atoms with van der Waals surface area (Å²) in [4.78, 5) is 17.7. The van der Waals surface area contributed by atoms with Gasteiger partial charge in [0.15, 0.2) is 0 Å². The molecule has 1 atom stereocenters. The maximum atomic E-state index is 11.4. The van der Waals surface area contributed by atoms with Crippen LogP contribution in [0.5, 0.6) is 0 Å². The molecular weight excluding hydrogens is 252 g/mol. The maximum absolute atomic E-state index is 11.4. The second-order valence-electron chi connectivity index (χ2n) is 4.95. The monoisotopic (exact) mass is 268 g/mol. The predicted molar refractivity (Wildman–Crippen MR) is 76.9 cm³/mol. The molecule has 1 unspecified atom stereocenters. The zero-order valence-electron chi connectivity index (χ0n) is 11.1. The highest BCUT2D eigenvalue weighted by molar-refractivity contribution is 5.82. The summed E-state index contributed by atoms with van der Waals surface area (Å²) in [6.07, 6.45) is 3.09. The average Bonchev–Trinajstić information content (AvgIpc) is 2.85. The van der Waals surface area contributed by atoms with Gasteiger partial charge in [0.2, 0.25) is 0 Å². The third-order valence-corrected chi connectivity index (χ3v) is 3.71. The lowest BCUT2D eigenvalue weighted by molar-refractivity contribution is -0.138. The largest absolute Gasteiger partial charge is 0.480 e. The number of hydrogen-bond donors (Lipinski definition) is 1. The highest BCUT2D eigenvalue weighted by atomic mass is 16.4. The van der Waals surface area contributed by atoms with E-state index in [4.69, 9.17) is 0 Å². The Labute approximate surface area is 117 Å². The first kappa shape index (κ1) is 12.7. The van der Waals surface area contributed by atoms with Crippen LogP contribution in [-0.4, -0.2) is 28.6 Å². The average molecular weight is 268 g/mol. The summed E-state index contributed by atoms with van der Waals surface area (Å²) in [6.45, 7) is 0.672. The molecule has 0 spiro atoms. The fourth-order valence-corrected chi connectivity index (χ4v) is 2.73. The predicted octanol–water partition coefficient (Wildman–Crippen LogP) is 2.14. The first-order valence-electron chi connectivity index (χ1n) is 6.73. The van der Waals surface area contributed by atoms with Crippen molar-refractivity contribution in [3.8, 4) is 0 Å². The van der Waals surface area contributed by atoms with Crippen molar-refractivity contribution in [2.45, 2.75) is 18.9 Å². The van der Waals surface area contributed by atoms with Crippen LogP contribution in [0.15, 0.2) is 48.7 Å². The van der Waals surface area contributed by atoms with Crippen molar-refractivity contribution in [3.63, 3.8) is 0 Å². The summed E-state index contributed by atoms with van der Waals surface area (Å²) in [6, 6.07) is 13.3. The van der Waals surface area contributed by atoms with E-state index in [1.54, 1.807) is 6.20 Å². The van der Waals surface area contributed by atoms with E-state index in [9.17, 15) is 9.90 Å². The van der Waals surface area contributed by atoms with Crippen LogP contribution in [0.4, 0.5) is 5.69 Å². The fourth-order valence-electron chi connectivity index (χ4n) is 2.73. The van der Waals surface area contributed by atoms with Crippen LogP contribution in [0.3, 0.4) is 0 Å². The molecule has 3 rings (SSSR count). The van der Waals surface area contributed by atoms with Crippen LogP contribution in [0.2, 0.25) is 0 Å². The van der Waals surface area contributed by atoms with Crippen molar-refractivity contribution in [1.29, 1.82) is 0 Å². The van der Waals surface area contributed by atoms with Crippen LogP contribution < -0.4 is 4.90 Å². The van der Waals surface area contributed by atoms with Crippen molar-refractivity contribution in [2.24, 2.45) is 0 Å². The number of para-hydroxylation sites is 1. The Morgan fingerprint density at radius 3 is 2.80 bits per heavy atom. The zero-order valence-corrected chi connectivity index (χ0v) is 11.1. The van der Waals surface area contributed by atoms with Crippen LogP contribution in [0.25, 0.3) is 0 Å². The molecule has 1 aromatic carbocycles. The minimum Gasteiger partial charge on any atom is -0.480 e. The Morgan fingerprint density at radius 1 is 1.25 bits per heavy atom. The standard InChI is InChI=1S/C16H16N2O2/c19-16(20)15-11-12-5-1-2-7-14(12)18(15)10-8-13-6-3-4-9-17-13/h1-7,9,15H,8,10-11H2,(H,19,20). The van der Waals surface area contributed by atoms with Crippen molar-refractivity contribution in [2.75, 3.05) is 11.4 Å². The number of hydrogen-bond acceptors (Lipinski definition) is 3. The molecule has 0 amide bonds. The lowest BCUT2D eigenvalue weighted by Crippen LogP contribution is -2.39. The van der Waals surface area contributed by atoms with Gasteiger partial charge >= 0.3 is 5.97 Å². The smallest absolute Gasteiger partial charge is 0.326 e. The van der Waals surface area contributed by atoms with Crippen LogP contribution >= 0.6 is 0 Å². The summed E-state index contributed by atoms with van der Waals surface area (Å²) >= 11 is 0. The van der Waals surface area contributed by atoms with E-state index in [2.05, 4.69) is 4.98 Å². The maximum Gasteiger partial charge on any atom is 0.326 e. The number of nitrogens with zero attached hydrogens (tertiary/aromatic N) is 2. The van der Waals surface area contributed by atoms with E-state index >= 15 is 0 Å². The number of rotatable bonds is 4. The first-order chi connectivity index (χ1) is 9.75. The Kier molecular flexibility index (Phi) is 3.37. The lowest BCUT2D eigenvalue weighted by Gasteiger charge is -2.24. The highest BCUT2D eigenvalue weighted by Gasteiger charge is 2.33. The van der Waals surface area contributed by atoms with E-state index in [0.29, 0.717) is 13.0 Å². The minimum atomic E-state index is -0.762. The van der Waals surface area contributed by atoms with Gasteiger partial charge in [0, 0.05) is 37.0 Å². The van der Waals surface area contributed by atoms with Crippen LogP contribution in [0, 0.1) is 0 Å². The quantitative estimate of drug-likeness (QED) is 0.923. The van der Waals surface area contributed by atoms with E-state index < -0.39 is 12.0 Å². The molecule has 0 aliphatic carbocycles. The molecule has 0 fully saturated rings. The summed E-state index contributed by atoms with van der Waals surface area (Å²) in [5.74, 6) is -0.762. The second-order valence-corrected chi connectivity index (χ2v) is 4.95. The van der Waals surface area contributed by atoms with Gasteiger partial charge in [-0.1, -0.05) is 24.3 Å². The first-order valence-corrected chi connectivity index (χ1v) is 6.73. The van der Waals surface area contributed by atoms with Crippen molar-refractivity contribution in [3.05, 3.63) is 59.9 Å². The number of fused-ring (bicyclic) bond motifs is 1. The van der Waals surface area contributed by atoms with Gasteiger partial charge in [0.1, 0.15) is 6.04 Å². The van der Waals surface area contributed by atoms with Gasteiger partial charge in [0.05, 0.1) is 0 Å². The molecule has 4 heteroatoms. The number of carbonyl (C=O) groups is 1. The molecule has 1 aromatic heterocycles. The molecule has 4 nitrogen and oxygen atoms in total. The molecule has 0 bridgehead atoms. The van der Waals surface area contributed by atoms with Gasteiger partial charge in [-0.05, 0) is 23.8 Å². The molecule has 0 saturated carbocycles. The Bertz CT molecular complexity index is 613. The zero-order chi connectivity index (χ0) is 13.9. The van der Waals surface area contributed by atoms with E-state index in [0.717, 1.165) is 23.4 Å². The number of carboxylic acids is 1. The molecule has 1 aliphatic rings. The molecule has 20 heavy (non-hydrogen) atoms. The Balaban J connectivity index is 1.80. The summed E-state index contributed by atoms with van der Waals surface area (Å²) in [5, 5.41) is 9.40. The normalized spacial score (nSPS) is 17.0. The minimum absolute atomic E-state index is 0.462. The SMILES string of the molecule is O=C(O)C1Cc2ccccc2N1CCc1ccccn1. The number of aliphatic carboxylic acids is 1. The molecule has 1 N–H and O–H groups in total. The molecule has 1 aliphatic heterocycles. The molecule has 0 saturated heterocycles. The number of carboxylic acid groups (broad SMARTS) is 1. The summed E-state index contributed by atoms with van der Waals surface area (Å²) in [5.41, 5.74) is 3.14. The summed E-state index contributed by atoms with van der Waals surface area (Å²) < 4.78 is 0. The van der Waals surface area contributed by atoms with Gasteiger partial charge in [0.25, 0.3) is 0 Å². The van der Waals surface area contributed by atoms with Crippen LogP contribution in [0.1, 0.15) is 11.3 Å². The second kappa shape index (κ2) is 5.33. The van der Waals surface area contributed by atoms with E-state index in [1.165, 1.54) is 0 Å². The highest BCUT2D eigenvalue weighted by Crippen LogP contribution is 2.32. The Morgan fingerprint density at radius 2 is 2.05 bits per heavy atom. The molecule has 102 valence electrons. The number of aromatic nitrogens is 1. The van der Waals surface area contributed by atoms with Gasteiger partial charge in [-0.25, -0.2) is 4.79 Å². The third kappa shape index (κ3) is 2.37.